The van der Waals surface area contributed by atoms with E-state index >= 15 is 0 Å². The average Bonchev–Trinajstić information content (AvgIpc) is 2.95. The van der Waals surface area contributed by atoms with E-state index in [1.54, 1.807) is 6.92 Å². The number of aryl methyl sites for hydroxylation is 1. The number of esters is 1. The molecule has 0 radical (unpaired) electrons. The zero-order valence-electron chi connectivity index (χ0n) is 12.4. The van der Waals surface area contributed by atoms with Gasteiger partial charge in [-0.2, -0.15) is 0 Å². The average molecular weight is 310 g/mol. The van der Waals surface area contributed by atoms with Gasteiger partial charge in [0.1, 0.15) is 18.1 Å². The SMILES string of the molecule is Cc1oc(-c2ccccc2)nc1COC(=O)c1nccnc1N. The van der Waals surface area contributed by atoms with Crippen molar-refractivity contribution in [2.45, 2.75) is 13.5 Å². The van der Waals surface area contributed by atoms with Gasteiger partial charge in [-0.1, -0.05) is 18.2 Å². The third kappa shape index (κ3) is 3.18. The van der Waals surface area contributed by atoms with E-state index in [9.17, 15) is 4.79 Å². The van der Waals surface area contributed by atoms with E-state index in [-0.39, 0.29) is 18.1 Å². The largest absolute Gasteiger partial charge is 0.454 e. The standard InChI is InChI=1S/C16H14N4O3/c1-10-12(20-15(23-10)11-5-3-2-4-6-11)9-22-16(21)13-14(17)19-8-7-18-13/h2-8H,9H2,1H3,(H2,17,19). The minimum Gasteiger partial charge on any atom is -0.454 e. The van der Waals surface area contributed by atoms with E-state index in [4.69, 9.17) is 14.9 Å². The highest BCUT2D eigenvalue weighted by Gasteiger charge is 2.17. The molecule has 1 aromatic carbocycles. The number of benzene rings is 1. The molecule has 116 valence electrons. The van der Waals surface area contributed by atoms with E-state index in [1.165, 1.54) is 12.4 Å². The molecule has 0 bridgehead atoms. The van der Waals surface area contributed by atoms with Crippen LogP contribution < -0.4 is 5.73 Å². The number of nitrogens with zero attached hydrogens (tertiary/aromatic N) is 3. The summed E-state index contributed by atoms with van der Waals surface area (Å²) in [6.07, 6.45) is 2.78. The van der Waals surface area contributed by atoms with E-state index in [2.05, 4.69) is 15.0 Å². The first-order valence-electron chi connectivity index (χ1n) is 6.90. The summed E-state index contributed by atoms with van der Waals surface area (Å²) in [6, 6.07) is 9.48. The summed E-state index contributed by atoms with van der Waals surface area (Å²) in [5.41, 5.74) is 6.97. The van der Waals surface area contributed by atoms with Crippen molar-refractivity contribution in [1.82, 2.24) is 15.0 Å². The van der Waals surface area contributed by atoms with Crippen LogP contribution in [0.25, 0.3) is 11.5 Å². The van der Waals surface area contributed by atoms with Gasteiger partial charge in [0.25, 0.3) is 0 Å². The van der Waals surface area contributed by atoms with Crippen LogP contribution in [0.2, 0.25) is 0 Å². The van der Waals surface area contributed by atoms with Crippen LogP contribution in [0.3, 0.4) is 0 Å². The molecule has 0 saturated carbocycles. The third-order valence-electron chi connectivity index (χ3n) is 3.17. The summed E-state index contributed by atoms with van der Waals surface area (Å²) in [4.78, 5) is 24.0. The third-order valence-corrected chi connectivity index (χ3v) is 3.17. The number of aromatic nitrogens is 3. The second-order valence-electron chi connectivity index (χ2n) is 4.75. The lowest BCUT2D eigenvalue weighted by Crippen LogP contribution is -2.11. The Morgan fingerprint density at radius 2 is 1.96 bits per heavy atom. The molecule has 0 aliphatic rings. The van der Waals surface area contributed by atoms with Crippen molar-refractivity contribution >= 4 is 11.8 Å². The maximum absolute atomic E-state index is 12.0. The van der Waals surface area contributed by atoms with E-state index in [0.29, 0.717) is 17.3 Å². The van der Waals surface area contributed by atoms with Gasteiger partial charge in [-0.25, -0.2) is 19.7 Å². The molecule has 0 fully saturated rings. The molecule has 2 aromatic heterocycles. The lowest BCUT2D eigenvalue weighted by molar-refractivity contribution is 0.0461. The van der Waals surface area contributed by atoms with Gasteiger partial charge in [0.15, 0.2) is 11.5 Å². The summed E-state index contributed by atoms with van der Waals surface area (Å²) in [5.74, 6) is 0.440. The smallest absolute Gasteiger partial charge is 0.361 e. The minimum absolute atomic E-state index is 0.0167. The van der Waals surface area contributed by atoms with Crippen LogP contribution >= 0.6 is 0 Å². The molecule has 2 N–H and O–H groups in total. The number of carbonyl (C=O) groups excluding carboxylic acids is 1. The second kappa shape index (κ2) is 6.27. The Kier molecular flexibility index (Phi) is 4.01. The highest BCUT2D eigenvalue weighted by atomic mass is 16.5. The van der Waals surface area contributed by atoms with Crippen LogP contribution in [0.4, 0.5) is 5.82 Å². The van der Waals surface area contributed by atoms with Crippen LogP contribution in [-0.2, 0) is 11.3 Å². The fraction of sp³-hybridized carbons (Fsp3) is 0.125. The summed E-state index contributed by atoms with van der Waals surface area (Å²) in [6.45, 7) is 1.73. The topological polar surface area (TPSA) is 104 Å². The van der Waals surface area contributed by atoms with Gasteiger partial charge in [0.2, 0.25) is 5.89 Å². The number of nitrogen functional groups attached to an aromatic ring is 1. The van der Waals surface area contributed by atoms with Crippen molar-refractivity contribution in [2.24, 2.45) is 0 Å². The zero-order chi connectivity index (χ0) is 16.2. The minimum atomic E-state index is -0.653. The van der Waals surface area contributed by atoms with Crippen molar-refractivity contribution in [3.63, 3.8) is 0 Å². The van der Waals surface area contributed by atoms with Crippen LogP contribution in [0.1, 0.15) is 21.9 Å². The molecule has 0 aliphatic heterocycles. The lowest BCUT2D eigenvalue weighted by atomic mass is 10.2. The Morgan fingerprint density at radius 1 is 1.22 bits per heavy atom. The molecule has 0 saturated heterocycles. The molecule has 0 amide bonds. The molecule has 0 aliphatic carbocycles. The number of anilines is 1. The highest BCUT2D eigenvalue weighted by Crippen LogP contribution is 2.22. The quantitative estimate of drug-likeness (QED) is 0.738. The van der Waals surface area contributed by atoms with Crippen molar-refractivity contribution in [2.75, 3.05) is 5.73 Å². The van der Waals surface area contributed by atoms with E-state index in [1.807, 2.05) is 30.3 Å². The molecule has 2 heterocycles. The van der Waals surface area contributed by atoms with Gasteiger partial charge in [0.05, 0.1) is 0 Å². The number of hydrogen-bond donors (Lipinski definition) is 1. The maximum atomic E-state index is 12.0. The fourth-order valence-electron chi connectivity index (χ4n) is 1.97. The molecule has 23 heavy (non-hydrogen) atoms. The van der Waals surface area contributed by atoms with Crippen molar-refractivity contribution in [1.29, 1.82) is 0 Å². The summed E-state index contributed by atoms with van der Waals surface area (Å²) in [7, 11) is 0. The molecule has 0 spiro atoms. The van der Waals surface area contributed by atoms with Gasteiger partial charge >= 0.3 is 5.97 Å². The van der Waals surface area contributed by atoms with Crippen LogP contribution in [0.5, 0.6) is 0 Å². The van der Waals surface area contributed by atoms with Crippen LogP contribution in [0.15, 0.2) is 47.1 Å². The Labute approximate surface area is 132 Å². The molecule has 7 nitrogen and oxygen atoms in total. The maximum Gasteiger partial charge on any atom is 0.361 e. The predicted molar refractivity (Wildman–Crippen MR) is 82.2 cm³/mol. The molecular formula is C16H14N4O3. The first kappa shape index (κ1) is 14.7. The van der Waals surface area contributed by atoms with Crippen molar-refractivity contribution in [3.05, 3.63) is 59.9 Å². The Hall–Kier alpha value is -3.22. The number of nitrogens with two attached hydrogens (primary N) is 1. The highest BCUT2D eigenvalue weighted by molar-refractivity contribution is 5.91. The molecule has 0 atom stereocenters. The Bertz CT molecular complexity index is 830. The number of rotatable bonds is 4. The zero-order valence-corrected chi connectivity index (χ0v) is 12.4. The van der Waals surface area contributed by atoms with Gasteiger partial charge in [-0.3, -0.25) is 0 Å². The fourth-order valence-corrected chi connectivity index (χ4v) is 1.97. The molecule has 3 aromatic rings. The van der Waals surface area contributed by atoms with Gasteiger partial charge < -0.3 is 14.9 Å². The van der Waals surface area contributed by atoms with Crippen molar-refractivity contribution < 1.29 is 13.9 Å². The number of oxazole rings is 1. The normalized spacial score (nSPS) is 10.5. The monoisotopic (exact) mass is 310 g/mol. The molecule has 7 heteroatoms. The van der Waals surface area contributed by atoms with E-state index in [0.717, 1.165) is 5.56 Å². The lowest BCUT2D eigenvalue weighted by Gasteiger charge is -2.03. The Morgan fingerprint density at radius 3 is 2.70 bits per heavy atom. The summed E-state index contributed by atoms with van der Waals surface area (Å²) < 4.78 is 10.8. The number of ether oxygens (including phenoxy) is 1. The Balaban J connectivity index is 1.73. The van der Waals surface area contributed by atoms with Gasteiger partial charge in [0, 0.05) is 18.0 Å². The molecule has 0 unspecified atom stereocenters. The first-order valence-corrected chi connectivity index (χ1v) is 6.90. The molecular weight excluding hydrogens is 296 g/mol. The first-order chi connectivity index (χ1) is 11.1. The molecule has 3 rings (SSSR count). The van der Waals surface area contributed by atoms with Gasteiger partial charge in [-0.05, 0) is 19.1 Å². The van der Waals surface area contributed by atoms with Gasteiger partial charge in [-0.15, -0.1) is 0 Å². The number of hydrogen-bond acceptors (Lipinski definition) is 7. The predicted octanol–water partition coefficient (Wildman–Crippen LogP) is 2.38. The summed E-state index contributed by atoms with van der Waals surface area (Å²) >= 11 is 0. The summed E-state index contributed by atoms with van der Waals surface area (Å²) in [5, 5.41) is 0. The van der Waals surface area contributed by atoms with Crippen LogP contribution in [-0.4, -0.2) is 20.9 Å². The van der Waals surface area contributed by atoms with Crippen LogP contribution in [0, 0.1) is 6.92 Å². The van der Waals surface area contributed by atoms with Crippen molar-refractivity contribution in [3.8, 4) is 11.5 Å². The number of carbonyl (C=O) groups is 1. The second-order valence-corrected chi connectivity index (χ2v) is 4.75. The van der Waals surface area contributed by atoms with E-state index < -0.39 is 5.97 Å².